The van der Waals surface area contributed by atoms with E-state index < -0.39 is 6.10 Å². The highest BCUT2D eigenvalue weighted by Crippen LogP contribution is 2.33. The van der Waals surface area contributed by atoms with Crippen molar-refractivity contribution in [2.45, 2.75) is 13.0 Å². The molecule has 1 unspecified atom stereocenters. The Labute approximate surface area is 100 Å². The van der Waals surface area contributed by atoms with E-state index in [0.717, 1.165) is 12.2 Å². The Balaban J connectivity index is 2.33. The number of aliphatic hydroxyl groups is 1. The topological polar surface area (TPSA) is 52.6 Å². The van der Waals surface area contributed by atoms with Crippen LogP contribution in [0.5, 0.6) is 0 Å². The fourth-order valence-electron chi connectivity index (χ4n) is 1.93. The molecule has 1 atom stereocenters. The van der Waals surface area contributed by atoms with Gasteiger partial charge in [-0.1, -0.05) is 12.0 Å². The normalized spacial score (nSPS) is 17.2. The van der Waals surface area contributed by atoms with E-state index in [4.69, 9.17) is 6.42 Å². The van der Waals surface area contributed by atoms with Crippen LogP contribution in [0.3, 0.4) is 0 Å². The first-order chi connectivity index (χ1) is 8.17. The zero-order chi connectivity index (χ0) is 12.4. The van der Waals surface area contributed by atoms with E-state index in [9.17, 15) is 9.90 Å². The SMILES string of the molecule is C#CCN(CC)c1ccc2c(c1)NC(=O)C2O. The summed E-state index contributed by atoms with van der Waals surface area (Å²) in [6.07, 6.45) is 4.24. The molecule has 0 radical (unpaired) electrons. The molecule has 1 amide bonds. The molecule has 2 N–H and O–H groups in total. The first-order valence-corrected chi connectivity index (χ1v) is 5.48. The molecule has 0 aromatic heterocycles. The quantitative estimate of drug-likeness (QED) is 0.765. The summed E-state index contributed by atoms with van der Waals surface area (Å²) in [6, 6.07) is 5.46. The van der Waals surface area contributed by atoms with E-state index in [-0.39, 0.29) is 5.91 Å². The Bertz CT molecular complexity index is 491. The Morgan fingerprint density at radius 2 is 2.35 bits per heavy atom. The largest absolute Gasteiger partial charge is 0.378 e. The number of rotatable bonds is 3. The number of anilines is 2. The lowest BCUT2D eigenvalue weighted by molar-refractivity contribution is -0.123. The van der Waals surface area contributed by atoms with E-state index >= 15 is 0 Å². The van der Waals surface area contributed by atoms with Crippen LogP contribution in [0.15, 0.2) is 18.2 Å². The Morgan fingerprint density at radius 3 is 3.00 bits per heavy atom. The van der Waals surface area contributed by atoms with E-state index in [1.165, 1.54) is 0 Å². The van der Waals surface area contributed by atoms with Crippen LogP contribution in [-0.4, -0.2) is 24.1 Å². The standard InChI is InChI=1S/C13H14N2O2/c1-3-7-15(4-2)9-5-6-10-11(8-9)14-13(17)12(10)16/h1,5-6,8,12,16H,4,7H2,2H3,(H,14,17). The number of hydrogen-bond acceptors (Lipinski definition) is 3. The molecular weight excluding hydrogens is 216 g/mol. The van der Waals surface area contributed by atoms with Crippen molar-refractivity contribution in [3.05, 3.63) is 23.8 Å². The van der Waals surface area contributed by atoms with Crippen molar-refractivity contribution in [1.82, 2.24) is 0 Å². The van der Waals surface area contributed by atoms with Gasteiger partial charge in [0.05, 0.1) is 6.54 Å². The maximum Gasteiger partial charge on any atom is 0.257 e. The van der Waals surface area contributed by atoms with Crippen LogP contribution in [0.25, 0.3) is 0 Å². The van der Waals surface area contributed by atoms with Crippen molar-refractivity contribution < 1.29 is 9.90 Å². The summed E-state index contributed by atoms with van der Waals surface area (Å²) < 4.78 is 0. The fourth-order valence-corrected chi connectivity index (χ4v) is 1.93. The zero-order valence-electron chi connectivity index (χ0n) is 9.60. The lowest BCUT2D eigenvalue weighted by atomic mass is 10.1. The molecule has 17 heavy (non-hydrogen) atoms. The molecular formula is C13H14N2O2. The minimum atomic E-state index is -1.05. The number of fused-ring (bicyclic) bond motifs is 1. The monoisotopic (exact) mass is 230 g/mol. The van der Waals surface area contributed by atoms with Gasteiger partial charge in [0, 0.05) is 23.5 Å². The van der Waals surface area contributed by atoms with E-state index in [1.54, 1.807) is 6.07 Å². The van der Waals surface area contributed by atoms with Gasteiger partial charge in [0.1, 0.15) is 0 Å². The summed E-state index contributed by atoms with van der Waals surface area (Å²) in [7, 11) is 0. The molecule has 88 valence electrons. The van der Waals surface area contributed by atoms with Gasteiger partial charge in [0.15, 0.2) is 6.10 Å². The molecule has 1 aliphatic rings. The van der Waals surface area contributed by atoms with Crippen molar-refractivity contribution in [1.29, 1.82) is 0 Å². The minimum absolute atomic E-state index is 0.378. The minimum Gasteiger partial charge on any atom is -0.378 e. The predicted molar refractivity (Wildman–Crippen MR) is 66.8 cm³/mol. The highest BCUT2D eigenvalue weighted by Gasteiger charge is 2.28. The third-order valence-corrected chi connectivity index (χ3v) is 2.87. The Morgan fingerprint density at radius 1 is 1.59 bits per heavy atom. The van der Waals surface area contributed by atoms with Gasteiger partial charge in [-0.05, 0) is 19.1 Å². The summed E-state index contributed by atoms with van der Waals surface area (Å²) in [6.45, 7) is 3.32. The summed E-state index contributed by atoms with van der Waals surface area (Å²) >= 11 is 0. The first kappa shape index (κ1) is 11.5. The molecule has 4 heteroatoms. The molecule has 1 aromatic carbocycles. The maximum atomic E-state index is 11.3. The molecule has 0 saturated carbocycles. The summed E-state index contributed by atoms with van der Waals surface area (Å²) in [5.41, 5.74) is 2.23. The number of carbonyl (C=O) groups is 1. The highest BCUT2D eigenvalue weighted by atomic mass is 16.3. The van der Waals surface area contributed by atoms with Gasteiger partial charge in [0.2, 0.25) is 0 Å². The summed E-state index contributed by atoms with van der Waals surface area (Å²) in [4.78, 5) is 13.3. The number of terminal acetylenes is 1. The van der Waals surface area contributed by atoms with Crippen molar-refractivity contribution >= 4 is 17.3 Å². The van der Waals surface area contributed by atoms with Crippen LogP contribution in [0, 0.1) is 12.3 Å². The maximum absolute atomic E-state index is 11.3. The van der Waals surface area contributed by atoms with Crippen molar-refractivity contribution in [3.63, 3.8) is 0 Å². The molecule has 1 heterocycles. The van der Waals surface area contributed by atoms with E-state index in [2.05, 4.69) is 11.2 Å². The number of nitrogens with zero attached hydrogens (tertiary/aromatic N) is 1. The van der Waals surface area contributed by atoms with Crippen LogP contribution < -0.4 is 10.2 Å². The van der Waals surface area contributed by atoms with E-state index in [1.807, 2.05) is 24.0 Å². The molecule has 0 saturated heterocycles. The van der Waals surface area contributed by atoms with Crippen molar-refractivity contribution in [2.24, 2.45) is 0 Å². The van der Waals surface area contributed by atoms with Gasteiger partial charge in [-0.2, -0.15) is 0 Å². The number of amides is 1. The van der Waals surface area contributed by atoms with Crippen LogP contribution in [0.2, 0.25) is 0 Å². The Kier molecular flexibility index (Phi) is 3.03. The number of nitrogens with one attached hydrogen (secondary N) is 1. The smallest absolute Gasteiger partial charge is 0.257 e. The van der Waals surface area contributed by atoms with Gasteiger partial charge >= 0.3 is 0 Å². The number of benzene rings is 1. The average molecular weight is 230 g/mol. The van der Waals surface area contributed by atoms with Gasteiger partial charge in [0.25, 0.3) is 5.91 Å². The number of aliphatic hydroxyl groups excluding tert-OH is 1. The number of carbonyl (C=O) groups excluding carboxylic acids is 1. The molecule has 4 nitrogen and oxygen atoms in total. The molecule has 0 bridgehead atoms. The van der Waals surface area contributed by atoms with Gasteiger partial charge in [-0.3, -0.25) is 4.79 Å². The highest BCUT2D eigenvalue weighted by molar-refractivity contribution is 6.02. The molecule has 0 aliphatic carbocycles. The van der Waals surface area contributed by atoms with Crippen LogP contribution in [0.1, 0.15) is 18.6 Å². The molecule has 1 aliphatic heterocycles. The van der Waals surface area contributed by atoms with Crippen LogP contribution >= 0.6 is 0 Å². The zero-order valence-corrected chi connectivity index (χ0v) is 9.60. The third kappa shape index (κ3) is 1.97. The third-order valence-electron chi connectivity index (χ3n) is 2.87. The molecule has 0 fully saturated rings. The average Bonchev–Trinajstić information content (AvgIpc) is 2.61. The lowest BCUT2D eigenvalue weighted by Crippen LogP contribution is -2.22. The second-order valence-electron chi connectivity index (χ2n) is 3.88. The second kappa shape index (κ2) is 4.48. The van der Waals surface area contributed by atoms with Gasteiger partial charge in [-0.15, -0.1) is 6.42 Å². The van der Waals surface area contributed by atoms with Gasteiger partial charge < -0.3 is 15.3 Å². The van der Waals surface area contributed by atoms with Gasteiger partial charge in [-0.25, -0.2) is 0 Å². The lowest BCUT2D eigenvalue weighted by Gasteiger charge is -2.20. The molecule has 0 spiro atoms. The van der Waals surface area contributed by atoms with E-state index in [0.29, 0.717) is 17.8 Å². The van der Waals surface area contributed by atoms with Crippen LogP contribution in [0.4, 0.5) is 11.4 Å². The van der Waals surface area contributed by atoms with Crippen molar-refractivity contribution in [2.75, 3.05) is 23.3 Å². The second-order valence-corrected chi connectivity index (χ2v) is 3.88. The molecule has 1 aromatic rings. The summed E-state index contributed by atoms with van der Waals surface area (Å²) in [5.74, 6) is 2.21. The van der Waals surface area contributed by atoms with Crippen molar-refractivity contribution in [3.8, 4) is 12.3 Å². The predicted octanol–water partition coefficient (Wildman–Crippen LogP) is 1.13. The first-order valence-electron chi connectivity index (χ1n) is 5.48. The fraction of sp³-hybridized carbons (Fsp3) is 0.308. The Hall–Kier alpha value is -1.99. The molecule has 2 rings (SSSR count). The summed E-state index contributed by atoms with van der Waals surface area (Å²) in [5, 5.41) is 12.2. The number of hydrogen-bond donors (Lipinski definition) is 2. The van der Waals surface area contributed by atoms with Crippen LogP contribution in [-0.2, 0) is 4.79 Å².